The number of para-hydroxylation sites is 1. The number of aliphatic hydroxyl groups is 1. The number of carbonyl (C=O) groups is 1. The van der Waals surface area contributed by atoms with Crippen LogP contribution < -0.4 is 14.8 Å². The van der Waals surface area contributed by atoms with Crippen molar-refractivity contribution >= 4 is 47.4 Å². The molecule has 194 valence electrons. The van der Waals surface area contributed by atoms with E-state index in [1.165, 1.54) is 5.19 Å². The molecule has 1 amide bonds. The van der Waals surface area contributed by atoms with Gasteiger partial charge in [-0.05, 0) is 70.4 Å². The zero-order valence-electron chi connectivity index (χ0n) is 21.8. The van der Waals surface area contributed by atoms with Crippen molar-refractivity contribution in [3.8, 4) is 5.75 Å². The van der Waals surface area contributed by atoms with Crippen LogP contribution in [0.1, 0.15) is 24.5 Å². The van der Waals surface area contributed by atoms with E-state index in [0.29, 0.717) is 13.0 Å². The third-order valence-electron chi connectivity index (χ3n) is 8.39. The van der Waals surface area contributed by atoms with Crippen molar-refractivity contribution in [3.63, 3.8) is 0 Å². The molecule has 2 aliphatic heterocycles. The molecule has 0 saturated carbocycles. The van der Waals surface area contributed by atoms with Gasteiger partial charge in [0.05, 0.1) is 33.5 Å². The van der Waals surface area contributed by atoms with Crippen molar-refractivity contribution in [2.45, 2.75) is 50.2 Å². The maximum absolute atomic E-state index is 14.5. The largest absolute Gasteiger partial charge is 0.497 e. The molecule has 3 aromatic carbocycles. The molecule has 2 aliphatic rings. The monoisotopic (exact) mass is 627 g/mol. The average molecular weight is 628 g/mol. The van der Waals surface area contributed by atoms with Gasteiger partial charge in [0.2, 0.25) is 0 Å². The number of amides is 1. The van der Waals surface area contributed by atoms with Crippen LogP contribution in [-0.4, -0.2) is 38.9 Å². The normalized spacial score (nSPS) is 25.1. The van der Waals surface area contributed by atoms with Crippen LogP contribution in [0, 0.1) is 9.49 Å². The van der Waals surface area contributed by atoms with E-state index in [1.807, 2.05) is 41.3 Å². The van der Waals surface area contributed by atoms with E-state index in [9.17, 15) is 9.90 Å². The molecule has 0 aromatic heterocycles. The summed E-state index contributed by atoms with van der Waals surface area (Å²) in [6.45, 7) is 7.43. The molecule has 37 heavy (non-hydrogen) atoms. The van der Waals surface area contributed by atoms with Gasteiger partial charge in [0.1, 0.15) is 5.75 Å². The number of anilines is 1. The van der Waals surface area contributed by atoms with Crippen LogP contribution in [0.5, 0.6) is 5.75 Å². The van der Waals surface area contributed by atoms with Gasteiger partial charge in [-0.25, -0.2) is 0 Å². The molecule has 0 radical (unpaired) electrons. The highest BCUT2D eigenvalue weighted by Crippen LogP contribution is 2.60. The molecular formula is C30H34INO4Si. The van der Waals surface area contributed by atoms with E-state index in [1.54, 1.807) is 7.11 Å². The third kappa shape index (κ3) is 4.33. The van der Waals surface area contributed by atoms with Gasteiger partial charge in [-0.3, -0.25) is 4.79 Å². The molecule has 1 saturated heterocycles. The van der Waals surface area contributed by atoms with Gasteiger partial charge in [-0.2, -0.15) is 0 Å². The minimum absolute atomic E-state index is 0.00466. The lowest BCUT2D eigenvalue weighted by Crippen LogP contribution is -2.51. The van der Waals surface area contributed by atoms with Crippen LogP contribution in [0.25, 0.3) is 0 Å². The highest BCUT2D eigenvalue weighted by molar-refractivity contribution is 14.1. The molecule has 2 heterocycles. The number of halogens is 1. The van der Waals surface area contributed by atoms with E-state index in [-0.39, 0.29) is 30.1 Å². The maximum Gasteiger partial charge on any atom is 0.264 e. The van der Waals surface area contributed by atoms with Gasteiger partial charge in [0.25, 0.3) is 5.91 Å². The second kappa shape index (κ2) is 10.2. The molecule has 0 bridgehead atoms. The van der Waals surface area contributed by atoms with E-state index in [4.69, 9.17) is 9.47 Å². The van der Waals surface area contributed by atoms with Crippen molar-refractivity contribution in [2.75, 3.05) is 18.6 Å². The molecule has 1 spiro atoms. The fourth-order valence-electron chi connectivity index (χ4n) is 6.64. The van der Waals surface area contributed by atoms with Gasteiger partial charge in [0, 0.05) is 21.7 Å². The smallest absolute Gasteiger partial charge is 0.264 e. The summed E-state index contributed by atoms with van der Waals surface area (Å²) in [6.07, 6.45) is 0.300. The van der Waals surface area contributed by atoms with Crippen LogP contribution in [0.3, 0.4) is 0 Å². The first-order chi connectivity index (χ1) is 17.7. The van der Waals surface area contributed by atoms with Crippen molar-refractivity contribution in [3.05, 3.63) is 87.5 Å². The first-order valence-corrected chi connectivity index (χ1v) is 17.0. The molecule has 4 atom stereocenters. The number of benzene rings is 3. The predicted octanol–water partition coefficient (Wildman–Crippen LogP) is 5.45. The Kier molecular flexibility index (Phi) is 7.26. The lowest BCUT2D eigenvalue weighted by molar-refractivity contribution is -0.146. The number of hydrogen-bond acceptors (Lipinski definition) is 4. The van der Waals surface area contributed by atoms with E-state index in [0.717, 1.165) is 26.1 Å². The SMILES string of the molecule is COc1ccc([Si](C)(C)[C@H]2[C@H](CCO)O[C@@]3(C(=O)N(Cc4cccc(I)c4)c4ccccc43)[C@@H]2C)cc1. The molecule has 0 aliphatic carbocycles. The Balaban J connectivity index is 1.58. The standard InChI is InChI=1S/C30H34INO4Si/c1-20-28(37(3,4)24-14-12-23(35-2)13-15-24)27(16-17-33)36-30(20)25-10-5-6-11-26(25)32(29(30)34)19-21-8-7-9-22(31)18-21/h5-15,18,20,27-28,33H,16-17,19H2,1-4H3/t20-,27+,28-,30+/m1/s1. The summed E-state index contributed by atoms with van der Waals surface area (Å²) in [6, 6.07) is 24.7. The summed E-state index contributed by atoms with van der Waals surface area (Å²) in [5.74, 6) is 0.783. The van der Waals surface area contributed by atoms with Gasteiger partial charge < -0.3 is 19.5 Å². The van der Waals surface area contributed by atoms with Crippen LogP contribution in [-0.2, 0) is 21.7 Å². The molecule has 0 unspecified atom stereocenters. The number of hydrogen-bond donors (Lipinski definition) is 1. The third-order valence-corrected chi connectivity index (χ3v) is 13.4. The predicted molar refractivity (Wildman–Crippen MR) is 158 cm³/mol. The minimum Gasteiger partial charge on any atom is -0.497 e. The Morgan fingerprint density at radius 3 is 2.49 bits per heavy atom. The average Bonchev–Trinajstić information content (AvgIpc) is 3.32. The van der Waals surface area contributed by atoms with E-state index < -0.39 is 13.7 Å². The van der Waals surface area contributed by atoms with Crippen LogP contribution >= 0.6 is 22.6 Å². The molecule has 5 rings (SSSR count). The van der Waals surface area contributed by atoms with Crippen LogP contribution in [0.15, 0.2) is 72.8 Å². The van der Waals surface area contributed by atoms with Gasteiger partial charge in [0.15, 0.2) is 5.60 Å². The molecule has 3 aromatic rings. The van der Waals surface area contributed by atoms with E-state index in [2.05, 4.69) is 79.0 Å². The number of methoxy groups -OCH3 is 1. The first-order valence-electron chi connectivity index (χ1n) is 12.8. The number of carbonyl (C=O) groups excluding carboxylic acids is 1. The van der Waals surface area contributed by atoms with Crippen LogP contribution in [0.4, 0.5) is 5.69 Å². The summed E-state index contributed by atoms with van der Waals surface area (Å²) in [5.41, 5.74) is 2.05. The fraction of sp³-hybridized carbons (Fsp3) is 0.367. The number of nitrogens with zero attached hydrogens (tertiary/aromatic N) is 1. The Labute approximate surface area is 233 Å². The molecule has 7 heteroatoms. The lowest BCUT2D eigenvalue weighted by Gasteiger charge is -2.37. The zero-order chi connectivity index (χ0) is 26.4. The van der Waals surface area contributed by atoms with Crippen LogP contribution in [0.2, 0.25) is 18.6 Å². The number of aliphatic hydroxyl groups excluding tert-OH is 1. The fourth-order valence-corrected chi connectivity index (χ4v) is 11.3. The Morgan fingerprint density at radius 1 is 1.08 bits per heavy atom. The highest BCUT2D eigenvalue weighted by Gasteiger charge is 2.66. The van der Waals surface area contributed by atoms with Crippen molar-refractivity contribution in [2.24, 2.45) is 5.92 Å². The summed E-state index contributed by atoms with van der Waals surface area (Å²) in [4.78, 5) is 16.4. The summed E-state index contributed by atoms with van der Waals surface area (Å²) in [7, 11) is -0.480. The van der Waals surface area contributed by atoms with Gasteiger partial charge in [-0.15, -0.1) is 0 Å². The highest BCUT2D eigenvalue weighted by atomic mass is 127. The first kappa shape index (κ1) is 26.4. The number of fused-ring (bicyclic) bond motifs is 2. The zero-order valence-corrected chi connectivity index (χ0v) is 24.9. The van der Waals surface area contributed by atoms with Gasteiger partial charge in [-0.1, -0.05) is 67.7 Å². The minimum atomic E-state index is -2.16. The molecule has 1 fully saturated rings. The molecular weight excluding hydrogens is 593 g/mol. The number of rotatable bonds is 7. The van der Waals surface area contributed by atoms with E-state index >= 15 is 0 Å². The van der Waals surface area contributed by atoms with Gasteiger partial charge >= 0.3 is 0 Å². The summed E-state index contributed by atoms with van der Waals surface area (Å²) in [5, 5.41) is 11.3. The summed E-state index contributed by atoms with van der Waals surface area (Å²) >= 11 is 2.31. The van der Waals surface area contributed by atoms with Crippen molar-refractivity contribution in [1.82, 2.24) is 0 Å². The molecule has 1 N–H and O–H groups in total. The van der Waals surface area contributed by atoms with Crippen molar-refractivity contribution < 1.29 is 19.4 Å². The second-order valence-corrected chi connectivity index (χ2v) is 16.6. The summed E-state index contributed by atoms with van der Waals surface area (Å²) < 4.78 is 13.5. The number of ether oxygens (including phenoxy) is 2. The topological polar surface area (TPSA) is 59.0 Å². The Morgan fingerprint density at radius 2 is 1.81 bits per heavy atom. The Bertz CT molecular complexity index is 1300. The maximum atomic E-state index is 14.5. The quantitative estimate of drug-likeness (QED) is 0.280. The lowest BCUT2D eigenvalue weighted by atomic mass is 9.82. The second-order valence-electron chi connectivity index (χ2n) is 10.7. The Hall–Kier alpha value is -2.20. The molecule has 5 nitrogen and oxygen atoms in total. The van der Waals surface area contributed by atoms with Crippen molar-refractivity contribution in [1.29, 1.82) is 0 Å².